The van der Waals surface area contributed by atoms with Gasteiger partial charge in [-0.2, -0.15) is 0 Å². The molecule has 1 N–H and O–H groups in total. The molecule has 3 aromatic carbocycles. The number of anilines is 1. The minimum absolute atomic E-state index is 0.0171. The van der Waals surface area contributed by atoms with E-state index in [1.54, 1.807) is 43.3 Å². The van der Waals surface area contributed by atoms with Gasteiger partial charge >= 0.3 is 0 Å². The van der Waals surface area contributed by atoms with Crippen molar-refractivity contribution in [1.82, 2.24) is 10.2 Å². The zero-order valence-corrected chi connectivity index (χ0v) is 25.6. The van der Waals surface area contributed by atoms with Gasteiger partial charge in [0, 0.05) is 23.1 Å². The summed E-state index contributed by atoms with van der Waals surface area (Å²) in [7, 11) is -4.26. The number of unbranched alkanes of at least 4 members (excludes halogenated alkanes) is 1. The van der Waals surface area contributed by atoms with Gasteiger partial charge in [0.15, 0.2) is 0 Å². The molecule has 1 unspecified atom stereocenters. The topological polar surface area (TPSA) is 86.8 Å². The molecule has 0 bridgehead atoms. The lowest BCUT2D eigenvalue weighted by Gasteiger charge is -2.32. The molecular weight excluding hydrogens is 593 g/mol. The molecule has 0 aliphatic carbocycles. The van der Waals surface area contributed by atoms with Crippen LogP contribution in [0.4, 0.5) is 5.69 Å². The summed E-state index contributed by atoms with van der Waals surface area (Å²) in [6, 6.07) is 16.6. The van der Waals surface area contributed by atoms with Crippen LogP contribution in [-0.4, -0.2) is 44.3 Å². The zero-order valence-electron chi connectivity index (χ0n) is 22.5. The van der Waals surface area contributed by atoms with E-state index >= 15 is 0 Å². The molecule has 1 atom stereocenters. The Labute approximate surface area is 251 Å². The number of hydrogen-bond donors (Lipinski definition) is 1. The third-order valence-corrected chi connectivity index (χ3v) is 8.91. The fourth-order valence-corrected chi connectivity index (χ4v) is 5.92. The van der Waals surface area contributed by atoms with Crippen molar-refractivity contribution in [2.24, 2.45) is 0 Å². The molecule has 0 aromatic heterocycles. The lowest BCUT2D eigenvalue weighted by Crippen LogP contribution is -2.51. The predicted molar refractivity (Wildman–Crippen MR) is 162 cm³/mol. The van der Waals surface area contributed by atoms with Crippen molar-refractivity contribution in [3.8, 4) is 0 Å². The summed E-state index contributed by atoms with van der Waals surface area (Å²) < 4.78 is 28.7. The lowest BCUT2D eigenvalue weighted by atomic mass is 10.1. The van der Waals surface area contributed by atoms with Crippen molar-refractivity contribution in [3.63, 3.8) is 0 Å². The van der Waals surface area contributed by atoms with E-state index in [0.29, 0.717) is 11.6 Å². The Morgan fingerprint density at radius 3 is 2.17 bits per heavy atom. The van der Waals surface area contributed by atoms with Crippen molar-refractivity contribution in [1.29, 1.82) is 0 Å². The average molecular weight is 625 g/mol. The van der Waals surface area contributed by atoms with Gasteiger partial charge in [0.1, 0.15) is 12.6 Å². The second kappa shape index (κ2) is 14.2. The standard InChI is InChI=1S/C29H32Cl3N3O4S/c1-4-5-16-33-29(37)21(3)34(18-22-8-10-23(30)11-9-22)28(36)19-35(27-17-24(31)12-15-26(27)32)40(38,39)25-13-6-20(2)7-14-25/h6-15,17,21H,4-5,16,18-19H2,1-3H3,(H,33,37). The van der Waals surface area contributed by atoms with Crippen molar-refractivity contribution < 1.29 is 18.0 Å². The van der Waals surface area contributed by atoms with Crippen molar-refractivity contribution in [2.75, 3.05) is 17.4 Å². The van der Waals surface area contributed by atoms with Crippen molar-refractivity contribution in [3.05, 3.63) is 92.9 Å². The summed E-state index contributed by atoms with van der Waals surface area (Å²) >= 11 is 18.7. The van der Waals surface area contributed by atoms with Crippen LogP contribution < -0.4 is 9.62 Å². The molecule has 0 saturated carbocycles. The second-order valence-corrected chi connectivity index (χ2v) is 12.5. The van der Waals surface area contributed by atoms with E-state index in [4.69, 9.17) is 34.8 Å². The minimum atomic E-state index is -4.26. The summed E-state index contributed by atoms with van der Waals surface area (Å²) in [5.41, 5.74) is 1.65. The van der Waals surface area contributed by atoms with E-state index in [1.807, 2.05) is 13.8 Å². The number of nitrogens with zero attached hydrogens (tertiary/aromatic N) is 2. The van der Waals surface area contributed by atoms with Crippen molar-refractivity contribution in [2.45, 2.75) is 51.1 Å². The van der Waals surface area contributed by atoms with Crippen LogP contribution in [0.3, 0.4) is 0 Å². The Morgan fingerprint density at radius 2 is 1.55 bits per heavy atom. The maximum Gasteiger partial charge on any atom is 0.264 e. The van der Waals surface area contributed by atoms with Crippen LogP contribution in [0.2, 0.25) is 15.1 Å². The molecule has 3 rings (SSSR count). The molecule has 0 fully saturated rings. The summed E-state index contributed by atoms with van der Waals surface area (Å²) in [6.45, 7) is 5.37. The minimum Gasteiger partial charge on any atom is -0.354 e. The van der Waals surface area contributed by atoms with Crippen molar-refractivity contribution >= 4 is 62.3 Å². The smallest absolute Gasteiger partial charge is 0.264 e. The second-order valence-electron chi connectivity index (χ2n) is 9.39. The Hall–Kier alpha value is -2.78. The van der Waals surface area contributed by atoms with Gasteiger partial charge in [0.25, 0.3) is 10.0 Å². The van der Waals surface area contributed by atoms with E-state index in [1.165, 1.54) is 35.2 Å². The maximum absolute atomic E-state index is 13.9. The van der Waals surface area contributed by atoms with E-state index in [2.05, 4.69) is 5.32 Å². The van der Waals surface area contributed by atoms with Gasteiger partial charge in [-0.25, -0.2) is 8.42 Å². The third kappa shape index (κ3) is 8.13. The number of aryl methyl sites for hydroxylation is 1. The van der Waals surface area contributed by atoms with Gasteiger partial charge in [-0.3, -0.25) is 13.9 Å². The Bertz CT molecular complexity index is 1430. The third-order valence-electron chi connectivity index (χ3n) is 6.33. The number of sulfonamides is 1. The fraction of sp³-hybridized carbons (Fsp3) is 0.310. The number of benzene rings is 3. The molecule has 0 aliphatic rings. The largest absolute Gasteiger partial charge is 0.354 e. The van der Waals surface area contributed by atoms with E-state index in [-0.39, 0.29) is 33.1 Å². The van der Waals surface area contributed by atoms with Crippen LogP contribution in [0.15, 0.2) is 71.6 Å². The number of carbonyl (C=O) groups is 2. The number of hydrogen-bond acceptors (Lipinski definition) is 4. The van der Waals surface area contributed by atoms with Crippen LogP contribution in [0.5, 0.6) is 0 Å². The molecule has 2 amide bonds. The molecule has 40 heavy (non-hydrogen) atoms. The van der Waals surface area contributed by atoms with Gasteiger partial charge in [-0.1, -0.05) is 78.0 Å². The van der Waals surface area contributed by atoms with Crippen LogP contribution in [0.1, 0.15) is 37.8 Å². The molecule has 0 saturated heterocycles. The van der Waals surface area contributed by atoms with Gasteiger partial charge in [0.2, 0.25) is 11.8 Å². The maximum atomic E-state index is 13.9. The summed E-state index contributed by atoms with van der Waals surface area (Å²) in [4.78, 5) is 28.3. The molecule has 7 nitrogen and oxygen atoms in total. The first-order valence-electron chi connectivity index (χ1n) is 12.8. The molecular formula is C29H32Cl3N3O4S. The van der Waals surface area contributed by atoms with Crippen LogP contribution >= 0.6 is 34.8 Å². The van der Waals surface area contributed by atoms with Gasteiger partial charge < -0.3 is 10.2 Å². The Morgan fingerprint density at radius 1 is 0.925 bits per heavy atom. The first-order chi connectivity index (χ1) is 18.9. The van der Waals surface area contributed by atoms with E-state index in [9.17, 15) is 18.0 Å². The lowest BCUT2D eigenvalue weighted by molar-refractivity contribution is -0.139. The highest BCUT2D eigenvalue weighted by Crippen LogP contribution is 2.33. The number of amides is 2. The van der Waals surface area contributed by atoms with Gasteiger partial charge in [-0.05, 0) is 68.3 Å². The van der Waals surface area contributed by atoms with Crippen LogP contribution in [0, 0.1) is 6.92 Å². The van der Waals surface area contributed by atoms with E-state index in [0.717, 1.165) is 28.3 Å². The normalized spacial score (nSPS) is 12.1. The summed E-state index contributed by atoms with van der Waals surface area (Å²) in [6.07, 6.45) is 1.69. The first kappa shape index (κ1) is 31.7. The summed E-state index contributed by atoms with van der Waals surface area (Å²) in [5.74, 6) is -0.940. The number of rotatable bonds is 12. The zero-order chi connectivity index (χ0) is 29.4. The average Bonchev–Trinajstić information content (AvgIpc) is 2.92. The highest BCUT2D eigenvalue weighted by molar-refractivity contribution is 7.92. The molecule has 0 radical (unpaired) electrons. The molecule has 11 heteroatoms. The van der Waals surface area contributed by atoms with Gasteiger partial charge in [-0.15, -0.1) is 0 Å². The quantitative estimate of drug-likeness (QED) is 0.234. The predicted octanol–water partition coefficient (Wildman–Crippen LogP) is 6.48. The van der Waals surface area contributed by atoms with Crippen LogP contribution in [0.25, 0.3) is 0 Å². The molecule has 0 spiro atoms. The molecule has 214 valence electrons. The van der Waals surface area contributed by atoms with E-state index < -0.39 is 28.5 Å². The summed E-state index contributed by atoms with van der Waals surface area (Å²) in [5, 5.41) is 3.73. The highest BCUT2D eigenvalue weighted by Gasteiger charge is 2.33. The number of carbonyl (C=O) groups excluding carboxylic acids is 2. The Kier molecular flexibility index (Phi) is 11.3. The van der Waals surface area contributed by atoms with Gasteiger partial charge in [0.05, 0.1) is 15.6 Å². The van der Waals surface area contributed by atoms with Crippen LogP contribution in [-0.2, 0) is 26.2 Å². The molecule has 0 aliphatic heterocycles. The highest BCUT2D eigenvalue weighted by atomic mass is 35.5. The first-order valence-corrected chi connectivity index (χ1v) is 15.4. The number of nitrogens with one attached hydrogen (secondary N) is 1. The number of halogens is 3. The molecule has 0 heterocycles. The molecule has 3 aromatic rings. The monoisotopic (exact) mass is 623 g/mol. The SMILES string of the molecule is CCCCNC(=O)C(C)N(Cc1ccc(Cl)cc1)C(=O)CN(c1cc(Cl)ccc1Cl)S(=O)(=O)c1ccc(C)cc1. The fourth-order valence-electron chi connectivity index (χ4n) is 3.93. The Balaban J connectivity index is 2.04.